The lowest BCUT2D eigenvalue weighted by molar-refractivity contribution is 0.0985. The van der Waals surface area contributed by atoms with Crippen molar-refractivity contribution in [2.75, 3.05) is 18.5 Å². The monoisotopic (exact) mass is 348 g/mol. The molecule has 1 aromatic heterocycles. The number of furan rings is 1. The van der Waals surface area contributed by atoms with E-state index in [1.807, 2.05) is 24.3 Å². The standard InChI is InChI=1S/C17H20N2O4S/c1-12-14(11-16(23-12)24(21,22)18-2)17(20)19-10-6-5-8-13-7-3-4-9-15(13)19/h3-4,7,9,11,18H,5-6,8,10H2,1-2H3. The zero-order chi connectivity index (χ0) is 17.3. The zero-order valence-corrected chi connectivity index (χ0v) is 14.5. The van der Waals surface area contributed by atoms with Crippen molar-refractivity contribution in [3.05, 3.63) is 47.2 Å². The maximum Gasteiger partial charge on any atom is 0.273 e. The Bertz CT molecular complexity index is 870. The number of nitrogens with one attached hydrogen (secondary N) is 1. The third-order valence-electron chi connectivity index (χ3n) is 4.26. The van der Waals surface area contributed by atoms with Gasteiger partial charge in [0.05, 0.1) is 5.56 Å². The number of nitrogens with zero attached hydrogens (tertiary/aromatic N) is 1. The largest absolute Gasteiger partial charge is 0.448 e. The molecule has 1 amide bonds. The van der Waals surface area contributed by atoms with Gasteiger partial charge in [-0.25, -0.2) is 13.1 Å². The van der Waals surface area contributed by atoms with Crippen LogP contribution >= 0.6 is 0 Å². The number of sulfonamides is 1. The number of anilines is 1. The summed E-state index contributed by atoms with van der Waals surface area (Å²) in [6.45, 7) is 2.21. The summed E-state index contributed by atoms with van der Waals surface area (Å²) in [5, 5.41) is -0.242. The van der Waals surface area contributed by atoms with Gasteiger partial charge in [-0.15, -0.1) is 0 Å². The first kappa shape index (κ1) is 16.7. The van der Waals surface area contributed by atoms with E-state index in [9.17, 15) is 13.2 Å². The van der Waals surface area contributed by atoms with Crippen molar-refractivity contribution in [2.45, 2.75) is 31.3 Å². The molecule has 3 rings (SSSR count). The summed E-state index contributed by atoms with van der Waals surface area (Å²) in [7, 11) is -2.41. The predicted molar refractivity (Wildman–Crippen MR) is 90.7 cm³/mol. The van der Waals surface area contributed by atoms with Crippen LogP contribution in [0.5, 0.6) is 0 Å². The molecule has 1 aromatic carbocycles. The maximum absolute atomic E-state index is 13.0. The molecule has 24 heavy (non-hydrogen) atoms. The van der Waals surface area contributed by atoms with Crippen LogP contribution in [0.3, 0.4) is 0 Å². The second kappa shape index (κ2) is 6.41. The molecule has 1 aliphatic rings. The van der Waals surface area contributed by atoms with Crippen molar-refractivity contribution >= 4 is 21.6 Å². The molecule has 0 saturated carbocycles. The van der Waals surface area contributed by atoms with Crippen LogP contribution in [0.4, 0.5) is 5.69 Å². The molecular formula is C17H20N2O4S. The lowest BCUT2D eigenvalue weighted by atomic mass is 10.1. The van der Waals surface area contributed by atoms with Crippen LogP contribution in [-0.2, 0) is 16.4 Å². The fourth-order valence-electron chi connectivity index (χ4n) is 2.95. The van der Waals surface area contributed by atoms with E-state index >= 15 is 0 Å². The Balaban J connectivity index is 2.01. The van der Waals surface area contributed by atoms with Crippen molar-refractivity contribution in [2.24, 2.45) is 0 Å². The summed E-state index contributed by atoms with van der Waals surface area (Å²) in [6.07, 6.45) is 2.85. The number of carbonyl (C=O) groups excluding carboxylic acids is 1. The quantitative estimate of drug-likeness (QED) is 0.924. The highest BCUT2D eigenvalue weighted by atomic mass is 32.2. The summed E-state index contributed by atoms with van der Waals surface area (Å²) in [5.74, 6) is 0.0682. The third-order valence-corrected chi connectivity index (χ3v) is 5.53. The van der Waals surface area contributed by atoms with Crippen LogP contribution in [-0.4, -0.2) is 27.9 Å². The van der Waals surface area contributed by atoms with Crippen LogP contribution in [0.15, 0.2) is 39.8 Å². The molecule has 6 nitrogen and oxygen atoms in total. The van der Waals surface area contributed by atoms with E-state index in [0.29, 0.717) is 12.3 Å². The summed E-state index contributed by atoms with van der Waals surface area (Å²) < 4.78 is 31.3. The van der Waals surface area contributed by atoms with E-state index < -0.39 is 10.0 Å². The van der Waals surface area contributed by atoms with Gasteiger partial charge in [0.1, 0.15) is 5.76 Å². The van der Waals surface area contributed by atoms with Gasteiger partial charge in [-0.3, -0.25) is 4.79 Å². The molecule has 2 aromatic rings. The van der Waals surface area contributed by atoms with E-state index in [2.05, 4.69) is 4.72 Å². The molecule has 2 heterocycles. The fraction of sp³-hybridized carbons (Fsp3) is 0.353. The van der Waals surface area contributed by atoms with E-state index in [1.54, 1.807) is 11.8 Å². The number of fused-ring (bicyclic) bond motifs is 1. The van der Waals surface area contributed by atoms with Gasteiger partial charge in [0.25, 0.3) is 15.9 Å². The summed E-state index contributed by atoms with van der Waals surface area (Å²) in [4.78, 5) is 14.7. The molecule has 0 unspecified atom stereocenters. The molecule has 0 fully saturated rings. The van der Waals surface area contributed by atoms with Gasteiger partial charge in [-0.05, 0) is 44.9 Å². The van der Waals surface area contributed by atoms with Crippen LogP contribution < -0.4 is 9.62 Å². The molecule has 0 aliphatic carbocycles. The maximum atomic E-state index is 13.0. The third kappa shape index (κ3) is 2.97. The van der Waals surface area contributed by atoms with Crippen molar-refractivity contribution < 1.29 is 17.6 Å². The van der Waals surface area contributed by atoms with Crippen molar-refractivity contribution in [1.82, 2.24) is 4.72 Å². The highest BCUT2D eigenvalue weighted by Gasteiger charge is 2.28. The zero-order valence-electron chi connectivity index (χ0n) is 13.7. The molecule has 0 spiro atoms. The molecule has 0 bridgehead atoms. The highest BCUT2D eigenvalue weighted by Crippen LogP contribution is 2.29. The molecular weight excluding hydrogens is 328 g/mol. The Labute approximate surface area is 141 Å². The highest BCUT2D eigenvalue weighted by molar-refractivity contribution is 7.89. The normalized spacial score (nSPS) is 15.0. The predicted octanol–water partition coefficient (Wildman–Crippen LogP) is 2.48. The SMILES string of the molecule is CNS(=O)(=O)c1cc(C(=O)N2CCCCc3ccccc32)c(C)o1. The second-order valence-electron chi connectivity index (χ2n) is 5.79. The number of para-hydroxylation sites is 1. The van der Waals surface area contributed by atoms with Crippen LogP contribution in [0, 0.1) is 6.92 Å². The first-order valence-electron chi connectivity index (χ1n) is 7.88. The average Bonchev–Trinajstić information content (AvgIpc) is 2.85. The first-order chi connectivity index (χ1) is 11.4. The average molecular weight is 348 g/mol. The van der Waals surface area contributed by atoms with Gasteiger partial charge in [0.15, 0.2) is 0 Å². The number of aryl methyl sites for hydroxylation is 2. The summed E-state index contributed by atoms with van der Waals surface area (Å²) in [6, 6.07) is 9.13. The number of amides is 1. The van der Waals surface area contributed by atoms with Gasteiger partial charge in [-0.1, -0.05) is 18.2 Å². The lowest BCUT2D eigenvalue weighted by Crippen LogP contribution is -2.31. The molecule has 0 radical (unpaired) electrons. The number of carbonyl (C=O) groups is 1. The Morgan fingerprint density at radius 3 is 2.75 bits per heavy atom. The molecule has 128 valence electrons. The van der Waals surface area contributed by atoms with Crippen LogP contribution in [0.2, 0.25) is 0 Å². The van der Waals surface area contributed by atoms with E-state index in [1.165, 1.54) is 13.1 Å². The van der Waals surface area contributed by atoms with E-state index in [0.717, 1.165) is 30.5 Å². The molecule has 1 aliphatic heterocycles. The van der Waals surface area contributed by atoms with E-state index in [-0.39, 0.29) is 16.6 Å². The minimum Gasteiger partial charge on any atom is -0.448 e. The Hall–Kier alpha value is -2.12. The fourth-order valence-corrected chi connectivity index (χ4v) is 3.66. The van der Waals surface area contributed by atoms with Crippen LogP contribution in [0.1, 0.15) is 34.5 Å². The lowest BCUT2D eigenvalue weighted by Gasteiger charge is -2.22. The minimum absolute atomic E-state index is 0.233. The molecule has 7 heteroatoms. The molecule has 0 saturated heterocycles. The number of hydrogen-bond acceptors (Lipinski definition) is 4. The Morgan fingerprint density at radius 2 is 2.00 bits per heavy atom. The second-order valence-corrected chi connectivity index (χ2v) is 7.60. The number of rotatable bonds is 3. The van der Waals surface area contributed by atoms with Crippen molar-refractivity contribution in [3.8, 4) is 0 Å². The first-order valence-corrected chi connectivity index (χ1v) is 9.36. The molecule has 0 atom stereocenters. The molecule has 1 N–H and O–H groups in total. The number of hydrogen-bond donors (Lipinski definition) is 1. The van der Waals surface area contributed by atoms with Crippen LogP contribution in [0.25, 0.3) is 0 Å². The Kier molecular flexibility index (Phi) is 4.47. The van der Waals surface area contributed by atoms with Gasteiger partial charge in [-0.2, -0.15) is 0 Å². The van der Waals surface area contributed by atoms with Gasteiger partial charge in [0, 0.05) is 18.3 Å². The minimum atomic E-state index is -3.72. The smallest absolute Gasteiger partial charge is 0.273 e. The van der Waals surface area contributed by atoms with Gasteiger partial charge in [0.2, 0.25) is 5.09 Å². The van der Waals surface area contributed by atoms with Crippen molar-refractivity contribution in [3.63, 3.8) is 0 Å². The van der Waals surface area contributed by atoms with E-state index in [4.69, 9.17) is 4.42 Å². The van der Waals surface area contributed by atoms with Gasteiger partial charge >= 0.3 is 0 Å². The summed E-state index contributed by atoms with van der Waals surface area (Å²) in [5.41, 5.74) is 2.30. The summed E-state index contributed by atoms with van der Waals surface area (Å²) >= 11 is 0. The topological polar surface area (TPSA) is 79.6 Å². The van der Waals surface area contributed by atoms with Gasteiger partial charge < -0.3 is 9.32 Å². The van der Waals surface area contributed by atoms with Crippen molar-refractivity contribution in [1.29, 1.82) is 0 Å². The Morgan fingerprint density at radius 1 is 1.25 bits per heavy atom. The number of benzene rings is 1.